The molecule has 0 aliphatic heterocycles. The average molecular weight is 575 g/mol. The van der Waals surface area contributed by atoms with E-state index in [1.807, 2.05) is 41.7 Å². The molecule has 3 heterocycles. The molecule has 0 radical (unpaired) electrons. The van der Waals surface area contributed by atoms with Crippen LogP contribution in [0.3, 0.4) is 0 Å². The van der Waals surface area contributed by atoms with Crippen LogP contribution in [-0.2, 0) is 0 Å². The minimum atomic E-state index is 0.656. The molecule has 6 aromatic carbocycles. The van der Waals surface area contributed by atoms with E-state index in [9.17, 15) is 0 Å². The fourth-order valence-corrected chi connectivity index (χ4v) is 8.20. The molecular weight excluding hydrogens is 553 g/mol. The van der Waals surface area contributed by atoms with Gasteiger partial charge in [0.1, 0.15) is 5.52 Å². The number of para-hydroxylation sites is 1. The lowest BCUT2D eigenvalue weighted by atomic mass is 10.1. The van der Waals surface area contributed by atoms with Gasteiger partial charge in [-0.1, -0.05) is 66.7 Å². The molecule has 42 heavy (non-hydrogen) atoms. The molecule has 5 heteroatoms. The average Bonchev–Trinajstić information content (AvgIpc) is 3.73. The van der Waals surface area contributed by atoms with E-state index in [0.29, 0.717) is 5.89 Å². The van der Waals surface area contributed by atoms with Crippen molar-refractivity contribution >= 4 is 91.2 Å². The van der Waals surface area contributed by atoms with Crippen molar-refractivity contribution in [3.8, 4) is 11.5 Å². The van der Waals surface area contributed by atoms with E-state index in [1.54, 1.807) is 11.3 Å². The number of fused-ring (bicyclic) bond motifs is 7. The molecule has 0 fully saturated rings. The minimum absolute atomic E-state index is 0.656. The number of oxazole rings is 1. The van der Waals surface area contributed by atoms with Crippen LogP contribution in [0.15, 0.2) is 138 Å². The van der Waals surface area contributed by atoms with Crippen LogP contribution >= 0.6 is 22.7 Å². The van der Waals surface area contributed by atoms with Crippen molar-refractivity contribution in [1.29, 1.82) is 0 Å². The molecule has 9 rings (SSSR count). The first kappa shape index (κ1) is 23.7. The predicted molar refractivity (Wildman–Crippen MR) is 180 cm³/mol. The summed E-state index contributed by atoms with van der Waals surface area (Å²) in [5, 5.41) is 5.07. The molecule has 0 unspecified atom stereocenters. The third-order valence-corrected chi connectivity index (χ3v) is 10.1. The van der Waals surface area contributed by atoms with Gasteiger partial charge in [-0.15, -0.1) is 22.7 Å². The van der Waals surface area contributed by atoms with E-state index < -0.39 is 0 Å². The Morgan fingerprint density at radius 3 is 1.83 bits per heavy atom. The van der Waals surface area contributed by atoms with E-state index in [1.165, 1.54) is 40.3 Å². The van der Waals surface area contributed by atoms with Gasteiger partial charge in [-0.2, -0.15) is 0 Å². The third-order valence-electron chi connectivity index (χ3n) is 7.88. The van der Waals surface area contributed by atoms with Crippen molar-refractivity contribution < 1.29 is 4.42 Å². The number of thiophene rings is 2. The zero-order chi connectivity index (χ0) is 27.6. The largest absolute Gasteiger partial charge is 0.436 e. The summed E-state index contributed by atoms with van der Waals surface area (Å²) in [4.78, 5) is 7.17. The second kappa shape index (κ2) is 9.28. The van der Waals surface area contributed by atoms with Crippen molar-refractivity contribution in [2.45, 2.75) is 0 Å². The van der Waals surface area contributed by atoms with Gasteiger partial charge >= 0.3 is 0 Å². The summed E-state index contributed by atoms with van der Waals surface area (Å²) >= 11 is 3.65. The van der Waals surface area contributed by atoms with E-state index in [2.05, 4.69) is 108 Å². The van der Waals surface area contributed by atoms with Crippen molar-refractivity contribution in [2.75, 3.05) is 4.90 Å². The first-order valence-electron chi connectivity index (χ1n) is 13.9. The molecule has 0 saturated carbocycles. The highest BCUT2D eigenvalue weighted by Gasteiger charge is 2.17. The lowest BCUT2D eigenvalue weighted by Crippen LogP contribution is -2.09. The smallest absolute Gasteiger partial charge is 0.227 e. The summed E-state index contributed by atoms with van der Waals surface area (Å²) in [6.45, 7) is 0. The van der Waals surface area contributed by atoms with Crippen molar-refractivity contribution in [1.82, 2.24) is 4.98 Å². The maximum absolute atomic E-state index is 6.18. The van der Waals surface area contributed by atoms with Gasteiger partial charge < -0.3 is 9.32 Å². The lowest BCUT2D eigenvalue weighted by Gasteiger charge is -2.25. The van der Waals surface area contributed by atoms with Crippen LogP contribution in [0.25, 0.3) is 62.9 Å². The van der Waals surface area contributed by atoms with E-state index in [4.69, 9.17) is 9.40 Å². The standard InChI is InChI=1S/C37H22N2OS2/c1-3-9-23(10-4-1)37-38-31-21-30-29-18-16-26(20-35(29)42-36(30)22-32(31)40-37)39(24-11-5-2-6-12-24)25-15-17-28-27-13-7-8-14-33(27)41-34(28)19-25/h1-22H. The van der Waals surface area contributed by atoms with Crippen LogP contribution in [0.4, 0.5) is 17.1 Å². The maximum atomic E-state index is 6.18. The van der Waals surface area contributed by atoms with Gasteiger partial charge in [0.25, 0.3) is 0 Å². The zero-order valence-corrected chi connectivity index (χ0v) is 24.0. The maximum Gasteiger partial charge on any atom is 0.227 e. The van der Waals surface area contributed by atoms with E-state index in [-0.39, 0.29) is 0 Å². The van der Waals surface area contributed by atoms with Gasteiger partial charge in [-0.25, -0.2) is 4.98 Å². The molecule has 198 valence electrons. The Morgan fingerprint density at radius 1 is 0.476 bits per heavy atom. The zero-order valence-electron chi connectivity index (χ0n) is 22.3. The van der Waals surface area contributed by atoms with Gasteiger partial charge in [-0.05, 0) is 60.7 Å². The Labute approximate surface area is 249 Å². The number of rotatable bonds is 4. The van der Waals surface area contributed by atoms with Gasteiger partial charge in [-0.3, -0.25) is 0 Å². The number of nitrogens with zero attached hydrogens (tertiary/aromatic N) is 2. The Hall–Kier alpha value is -4.97. The van der Waals surface area contributed by atoms with Gasteiger partial charge in [0.15, 0.2) is 5.58 Å². The molecule has 0 spiro atoms. The number of hydrogen-bond donors (Lipinski definition) is 0. The SMILES string of the molecule is c1ccc(-c2nc3cc4c(cc3o2)sc2cc(N(c3ccccc3)c3ccc5c(c3)sc3ccccc35)ccc24)cc1. The van der Waals surface area contributed by atoms with Crippen LogP contribution in [0, 0.1) is 0 Å². The number of aromatic nitrogens is 1. The minimum Gasteiger partial charge on any atom is -0.436 e. The molecular formula is C37H22N2OS2. The first-order chi connectivity index (χ1) is 20.8. The third kappa shape index (κ3) is 3.75. The second-order valence-electron chi connectivity index (χ2n) is 10.4. The topological polar surface area (TPSA) is 29.3 Å². The molecule has 3 aromatic heterocycles. The predicted octanol–water partition coefficient (Wildman–Crippen LogP) is 11.7. The van der Waals surface area contributed by atoms with Crippen molar-refractivity contribution in [3.63, 3.8) is 0 Å². The quantitative estimate of drug-likeness (QED) is 0.209. The Morgan fingerprint density at radius 2 is 1.07 bits per heavy atom. The molecule has 3 nitrogen and oxygen atoms in total. The molecule has 0 aliphatic rings. The van der Waals surface area contributed by atoms with Crippen molar-refractivity contribution in [3.05, 3.63) is 133 Å². The van der Waals surface area contributed by atoms with Crippen LogP contribution < -0.4 is 4.90 Å². The second-order valence-corrected chi connectivity index (χ2v) is 12.6. The fraction of sp³-hybridized carbons (Fsp3) is 0. The number of anilines is 3. The summed E-state index contributed by atoms with van der Waals surface area (Å²) in [6.07, 6.45) is 0. The monoisotopic (exact) mass is 574 g/mol. The molecule has 0 atom stereocenters. The number of hydrogen-bond acceptors (Lipinski definition) is 5. The van der Waals surface area contributed by atoms with Crippen molar-refractivity contribution in [2.24, 2.45) is 0 Å². The van der Waals surface area contributed by atoms with Gasteiger partial charge in [0.05, 0.1) is 0 Å². The van der Waals surface area contributed by atoms with Crippen LogP contribution in [0.5, 0.6) is 0 Å². The lowest BCUT2D eigenvalue weighted by molar-refractivity contribution is 0.620. The van der Waals surface area contributed by atoms with Crippen LogP contribution in [0.1, 0.15) is 0 Å². The highest BCUT2D eigenvalue weighted by Crippen LogP contribution is 2.43. The molecule has 0 N–H and O–H groups in total. The summed E-state index contributed by atoms with van der Waals surface area (Å²) < 4.78 is 11.2. The van der Waals surface area contributed by atoms with Gasteiger partial charge in [0, 0.05) is 69.0 Å². The first-order valence-corrected chi connectivity index (χ1v) is 15.5. The van der Waals surface area contributed by atoms with Crippen LogP contribution in [-0.4, -0.2) is 4.98 Å². The molecule has 0 bridgehead atoms. The highest BCUT2D eigenvalue weighted by atomic mass is 32.1. The number of benzene rings is 6. The Bertz CT molecular complexity index is 2420. The Balaban J connectivity index is 1.19. The van der Waals surface area contributed by atoms with E-state index >= 15 is 0 Å². The van der Waals surface area contributed by atoms with Crippen LogP contribution in [0.2, 0.25) is 0 Å². The summed E-state index contributed by atoms with van der Waals surface area (Å²) in [6, 6.07) is 47.3. The fourth-order valence-electron chi connectivity index (χ4n) is 5.91. The Kier molecular flexibility index (Phi) is 5.24. The molecule has 0 amide bonds. The van der Waals surface area contributed by atoms with E-state index in [0.717, 1.165) is 33.7 Å². The summed E-state index contributed by atoms with van der Waals surface area (Å²) in [5.41, 5.74) is 6.10. The molecule has 0 saturated heterocycles. The highest BCUT2D eigenvalue weighted by molar-refractivity contribution is 7.26. The summed E-state index contributed by atoms with van der Waals surface area (Å²) in [7, 11) is 0. The van der Waals surface area contributed by atoms with Gasteiger partial charge in [0.2, 0.25) is 5.89 Å². The molecule has 9 aromatic rings. The summed E-state index contributed by atoms with van der Waals surface area (Å²) in [5.74, 6) is 0.656. The normalized spacial score (nSPS) is 11.8. The molecule has 0 aliphatic carbocycles.